The molecular weight excluding hydrogens is 490 g/mol. The van der Waals surface area contributed by atoms with Crippen molar-refractivity contribution < 1.29 is 33.8 Å². The molecule has 0 aliphatic carbocycles. The van der Waals surface area contributed by atoms with Crippen LogP contribution in [-0.2, 0) is 20.8 Å². The summed E-state index contributed by atoms with van der Waals surface area (Å²) in [6, 6.07) is 13.5. The van der Waals surface area contributed by atoms with E-state index >= 15 is 0 Å². The minimum absolute atomic E-state index is 0.235. The van der Waals surface area contributed by atoms with Gasteiger partial charge in [-0.05, 0) is 75.6 Å². The van der Waals surface area contributed by atoms with E-state index in [0.29, 0.717) is 36.7 Å². The van der Waals surface area contributed by atoms with Crippen molar-refractivity contribution in [1.29, 1.82) is 0 Å². The number of nitrogens with one attached hydrogen (secondary N) is 3. The molecule has 208 valence electrons. The Bertz CT molecular complexity index is 1030. The molecule has 0 spiro atoms. The second-order valence-corrected chi connectivity index (χ2v) is 9.95. The molecule has 0 saturated heterocycles. The lowest BCUT2D eigenvalue weighted by Gasteiger charge is -2.27. The Balaban J connectivity index is 2.08. The molecule has 0 aliphatic heterocycles. The molecule has 0 aliphatic rings. The predicted octanol–water partition coefficient (Wildman–Crippen LogP) is 3.02. The first-order valence-electron chi connectivity index (χ1n) is 12.5. The molecule has 0 bridgehead atoms. The topological polar surface area (TPSA) is 135 Å². The van der Waals surface area contributed by atoms with Crippen molar-refractivity contribution in [3.63, 3.8) is 0 Å². The summed E-state index contributed by atoms with van der Waals surface area (Å²) in [6.45, 7) is 5.88. The number of hydroxylamine groups is 1. The quantitative estimate of drug-likeness (QED) is 0.168. The van der Waals surface area contributed by atoms with Gasteiger partial charge >= 0.3 is 0 Å². The molecule has 2 aromatic rings. The summed E-state index contributed by atoms with van der Waals surface area (Å²) in [5, 5.41) is 14.8. The number of ether oxygens (including phenoxy) is 3. The van der Waals surface area contributed by atoms with Crippen molar-refractivity contribution in [3.8, 4) is 17.2 Å². The van der Waals surface area contributed by atoms with Crippen LogP contribution in [0.3, 0.4) is 0 Å². The molecule has 2 rings (SSSR count). The first-order valence-corrected chi connectivity index (χ1v) is 12.5. The van der Waals surface area contributed by atoms with Crippen LogP contribution in [-0.4, -0.2) is 55.3 Å². The summed E-state index contributed by atoms with van der Waals surface area (Å²) >= 11 is 0. The van der Waals surface area contributed by atoms with Gasteiger partial charge in [0.25, 0.3) is 0 Å². The molecule has 3 amide bonds. The number of rotatable bonds is 14. The average molecular weight is 530 g/mol. The molecule has 0 unspecified atom stereocenters. The highest BCUT2D eigenvalue weighted by Gasteiger charge is 2.29. The van der Waals surface area contributed by atoms with E-state index in [1.807, 2.05) is 32.9 Å². The number of amides is 3. The van der Waals surface area contributed by atoms with Gasteiger partial charge in [-0.3, -0.25) is 19.6 Å². The van der Waals surface area contributed by atoms with Crippen LogP contribution in [0.5, 0.6) is 17.2 Å². The van der Waals surface area contributed by atoms with Crippen molar-refractivity contribution in [3.05, 3.63) is 54.1 Å². The van der Waals surface area contributed by atoms with Gasteiger partial charge in [-0.15, -0.1) is 0 Å². The van der Waals surface area contributed by atoms with E-state index in [1.54, 1.807) is 56.1 Å². The summed E-state index contributed by atoms with van der Waals surface area (Å²) in [7, 11) is 3.15. The molecule has 10 nitrogen and oxygen atoms in total. The number of carbonyl (C=O) groups is 3. The highest BCUT2D eigenvalue weighted by molar-refractivity contribution is 5.91. The predicted molar refractivity (Wildman–Crippen MR) is 142 cm³/mol. The second kappa shape index (κ2) is 14.8. The Kier molecular flexibility index (Phi) is 11.9. The van der Waals surface area contributed by atoms with E-state index in [9.17, 15) is 14.4 Å². The minimum Gasteiger partial charge on any atom is -0.497 e. The van der Waals surface area contributed by atoms with E-state index in [0.717, 1.165) is 5.56 Å². The Labute approximate surface area is 224 Å². The lowest BCUT2D eigenvalue weighted by molar-refractivity contribution is -0.136. The molecule has 0 heterocycles. The van der Waals surface area contributed by atoms with Crippen LogP contribution in [0.4, 0.5) is 0 Å². The third-order valence-electron chi connectivity index (χ3n) is 5.68. The van der Waals surface area contributed by atoms with Crippen LogP contribution in [0.1, 0.15) is 45.6 Å². The lowest BCUT2D eigenvalue weighted by Crippen LogP contribution is -2.54. The number of hydrogen-bond acceptors (Lipinski definition) is 7. The maximum absolute atomic E-state index is 13.3. The van der Waals surface area contributed by atoms with Gasteiger partial charge in [0.15, 0.2) is 0 Å². The second-order valence-electron chi connectivity index (χ2n) is 9.95. The molecule has 0 saturated carbocycles. The Morgan fingerprint density at radius 1 is 0.868 bits per heavy atom. The minimum atomic E-state index is -0.870. The summed E-state index contributed by atoms with van der Waals surface area (Å²) in [5.74, 6) is -0.215. The fraction of sp³-hybridized carbons (Fsp3) is 0.464. The molecule has 2 atom stereocenters. The largest absolute Gasteiger partial charge is 0.497 e. The standard InChI is InChI=1S/C28H39N3O7/c1-28(2,3)30-27(34)24(17-19-8-10-21(36-4)11-9-19)29-26(33)20(18-25(32)31-35)7-6-16-38-23-14-12-22(37-5)13-15-23/h8-15,20,24,35H,6-7,16-18H2,1-5H3,(H,29,33)(H,30,34)(H,31,32)/t20-,24+/m1/s1. The highest BCUT2D eigenvalue weighted by atomic mass is 16.5. The number of carbonyl (C=O) groups excluding carboxylic acids is 3. The lowest BCUT2D eigenvalue weighted by atomic mass is 9.96. The van der Waals surface area contributed by atoms with Gasteiger partial charge in [0.1, 0.15) is 23.3 Å². The molecule has 2 aromatic carbocycles. The van der Waals surface area contributed by atoms with Crippen LogP contribution in [0.2, 0.25) is 0 Å². The molecular formula is C28H39N3O7. The zero-order chi connectivity index (χ0) is 28.1. The number of benzene rings is 2. The van der Waals surface area contributed by atoms with E-state index in [2.05, 4.69) is 10.6 Å². The van der Waals surface area contributed by atoms with Gasteiger partial charge in [-0.25, -0.2) is 5.48 Å². The van der Waals surface area contributed by atoms with Crippen molar-refractivity contribution in [2.45, 2.75) is 58.0 Å². The van der Waals surface area contributed by atoms with Crippen LogP contribution >= 0.6 is 0 Å². The van der Waals surface area contributed by atoms with E-state index in [-0.39, 0.29) is 18.7 Å². The fourth-order valence-electron chi connectivity index (χ4n) is 3.74. The van der Waals surface area contributed by atoms with Crippen molar-refractivity contribution in [2.75, 3.05) is 20.8 Å². The van der Waals surface area contributed by atoms with Gasteiger partial charge in [0.05, 0.1) is 20.8 Å². The van der Waals surface area contributed by atoms with Crippen molar-refractivity contribution in [1.82, 2.24) is 16.1 Å². The number of hydrogen-bond donors (Lipinski definition) is 4. The first kappa shape index (κ1) is 30.4. The normalized spacial score (nSPS) is 12.6. The monoisotopic (exact) mass is 529 g/mol. The smallest absolute Gasteiger partial charge is 0.244 e. The maximum Gasteiger partial charge on any atom is 0.244 e. The maximum atomic E-state index is 13.3. The van der Waals surface area contributed by atoms with Crippen LogP contribution in [0, 0.1) is 5.92 Å². The third kappa shape index (κ3) is 10.7. The summed E-state index contributed by atoms with van der Waals surface area (Å²) in [4.78, 5) is 38.3. The zero-order valence-electron chi connectivity index (χ0n) is 22.7. The van der Waals surface area contributed by atoms with Crippen molar-refractivity contribution in [2.24, 2.45) is 5.92 Å². The van der Waals surface area contributed by atoms with Gasteiger partial charge in [-0.2, -0.15) is 0 Å². The average Bonchev–Trinajstić information content (AvgIpc) is 2.89. The SMILES string of the molecule is COc1ccc(C[C@H](NC(=O)[C@H](CCCOc2ccc(OC)cc2)CC(=O)NO)C(=O)NC(C)(C)C)cc1. The van der Waals surface area contributed by atoms with Crippen LogP contribution in [0.25, 0.3) is 0 Å². The van der Waals surface area contributed by atoms with Crippen LogP contribution < -0.4 is 30.3 Å². The summed E-state index contributed by atoms with van der Waals surface area (Å²) in [5.41, 5.74) is 1.91. The first-order chi connectivity index (χ1) is 18.0. The molecule has 0 radical (unpaired) electrons. The Morgan fingerprint density at radius 3 is 1.95 bits per heavy atom. The zero-order valence-corrected chi connectivity index (χ0v) is 22.7. The Morgan fingerprint density at radius 2 is 1.42 bits per heavy atom. The summed E-state index contributed by atoms with van der Waals surface area (Å²) in [6.07, 6.45) is 0.796. The molecule has 0 aromatic heterocycles. The fourth-order valence-corrected chi connectivity index (χ4v) is 3.74. The van der Waals surface area contributed by atoms with Crippen LogP contribution in [0.15, 0.2) is 48.5 Å². The molecule has 0 fully saturated rings. The number of methoxy groups -OCH3 is 2. The van der Waals surface area contributed by atoms with Gasteiger partial charge < -0.3 is 24.8 Å². The summed E-state index contributed by atoms with van der Waals surface area (Å²) < 4.78 is 16.1. The van der Waals surface area contributed by atoms with Gasteiger partial charge in [0.2, 0.25) is 17.7 Å². The third-order valence-corrected chi connectivity index (χ3v) is 5.68. The van der Waals surface area contributed by atoms with E-state index in [4.69, 9.17) is 19.4 Å². The van der Waals surface area contributed by atoms with Crippen molar-refractivity contribution >= 4 is 17.7 Å². The molecule has 10 heteroatoms. The molecule has 4 N–H and O–H groups in total. The van der Waals surface area contributed by atoms with E-state index in [1.165, 1.54) is 0 Å². The van der Waals surface area contributed by atoms with Gasteiger partial charge in [0, 0.05) is 24.3 Å². The molecule has 38 heavy (non-hydrogen) atoms. The van der Waals surface area contributed by atoms with E-state index < -0.39 is 29.3 Å². The highest BCUT2D eigenvalue weighted by Crippen LogP contribution is 2.19. The van der Waals surface area contributed by atoms with Gasteiger partial charge in [-0.1, -0.05) is 12.1 Å². The Hall–Kier alpha value is -3.79.